The van der Waals surface area contributed by atoms with E-state index in [1.54, 1.807) is 35.0 Å². The molecule has 0 bridgehead atoms. The molecule has 1 aromatic heterocycles. The molecule has 0 fully saturated rings. The standard InChI is InChI=1S/C36H33N3O5S/c1-23-18-20-27(21-19-23)45(41,42)38-22-36(35(40)43-4)32(29-16-10-11-17-30(29)38)31-25(3)37-39(26-13-6-5-7-14-26)34(31)44-33(36)28-15-9-8-12-24(28)2/h5-21,32-33H,22H2,1-4H3/t32-,33-,36+/m0/s1. The zero-order valence-corrected chi connectivity index (χ0v) is 26.3. The third kappa shape index (κ3) is 4.29. The SMILES string of the molecule is COC(=O)[C@]12CN(S(=O)(=O)c3ccc(C)cc3)c3ccccc3[C@H]1c1c(C)nn(-c3ccccc3)c1O[C@H]2c1ccccc1C. The molecule has 0 unspecified atom stereocenters. The summed E-state index contributed by atoms with van der Waals surface area (Å²) in [5, 5.41) is 4.92. The van der Waals surface area contributed by atoms with Crippen LogP contribution in [0.2, 0.25) is 0 Å². The maximum atomic E-state index is 14.5. The van der Waals surface area contributed by atoms with Gasteiger partial charge in [0.05, 0.1) is 35.6 Å². The molecule has 0 amide bonds. The first-order chi connectivity index (χ1) is 21.7. The van der Waals surface area contributed by atoms with Gasteiger partial charge in [0, 0.05) is 11.5 Å². The van der Waals surface area contributed by atoms with Crippen LogP contribution < -0.4 is 9.04 Å². The number of fused-ring (bicyclic) bond motifs is 5. The van der Waals surface area contributed by atoms with E-state index >= 15 is 0 Å². The van der Waals surface area contributed by atoms with Crippen LogP contribution in [0, 0.1) is 26.2 Å². The Labute approximate surface area is 262 Å². The van der Waals surface area contributed by atoms with Gasteiger partial charge in [0.2, 0.25) is 5.88 Å². The lowest BCUT2D eigenvalue weighted by Gasteiger charge is -2.52. The van der Waals surface area contributed by atoms with Crippen LogP contribution in [0.4, 0.5) is 5.69 Å². The van der Waals surface area contributed by atoms with Crippen LogP contribution in [0.3, 0.4) is 0 Å². The smallest absolute Gasteiger partial charge is 0.318 e. The van der Waals surface area contributed by atoms with Gasteiger partial charge in [-0.1, -0.05) is 78.4 Å². The average Bonchev–Trinajstić information content (AvgIpc) is 3.39. The first kappa shape index (κ1) is 28.9. The van der Waals surface area contributed by atoms with Gasteiger partial charge in [0.1, 0.15) is 11.5 Å². The van der Waals surface area contributed by atoms with E-state index in [1.807, 2.05) is 93.6 Å². The van der Waals surface area contributed by atoms with Gasteiger partial charge in [-0.15, -0.1) is 0 Å². The first-order valence-corrected chi connectivity index (χ1v) is 16.3. The molecule has 7 rings (SSSR count). The van der Waals surface area contributed by atoms with Crippen molar-refractivity contribution in [3.05, 3.63) is 137 Å². The fourth-order valence-electron chi connectivity index (χ4n) is 6.98. The summed E-state index contributed by atoms with van der Waals surface area (Å²) in [7, 11) is -2.77. The quantitative estimate of drug-likeness (QED) is 0.211. The molecule has 45 heavy (non-hydrogen) atoms. The molecule has 5 aromatic rings. The van der Waals surface area contributed by atoms with Gasteiger partial charge in [0.25, 0.3) is 10.0 Å². The maximum Gasteiger partial charge on any atom is 0.318 e. The molecule has 0 spiro atoms. The molecule has 0 saturated carbocycles. The summed E-state index contributed by atoms with van der Waals surface area (Å²) in [4.78, 5) is 14.7. The largest absolute Gasteiger partial charge is 0.468 e. The highest BCUT2D eigenvalue weighted by molar-refractivity contribution is 7.92. The normalized spacial score (nSPS) is 20.4. The zero-order chi connectivity index (χ0) is 31.5. The highest BCUT2D eigenvalue weighted by atomic mass is 32.2. The van der Waals surface area contributed by atoms with Gasteiger partial charge in [-0.25, -0.2) is 13.1 Å². The van der Waals surface area contributed by atoms with E-state index in [4.69, 9.17) is 14.6 Å². The summed E-state index contributed by atoms with van der Waals surface area (Å²) in [5.41, 5.74) is 4.52. The summed E-state index contributed by atoms with van der Waals surface area (Å²) in [6, 6.07) is 31.6. The van der Waals surface area contributed by atoms with Crippen molar-refractivity contribution in [1.82, 2.24) is 9.78 Å². The minimum atomic E-state index is -4.11. The zero-order valence-electron chi connectivity index (χ0n) is 25.5. The van der Waals surface area contributed by atoms with Crippen LogP contribution in [0.15, 0.2) is 108 Å². The third-order valence-corrected chi connectivity index (χ3v) is 10.9. The van der Waals surface area contributed by atoms with Crippen molar-refractivity contribution in [1.29, 1.82) is 0 Å². The molecule has 4 aromatic carbocycles. The molecule has 3 atom stereocenters. The number of ether oxygens (including phenoxy) is 2. The number of rotatable bonds is 5. The van der Waals surface area contributed by atoms with Crippen LogP contribution in [0.25, 0.3) is 5.69 Å². The molecule has 0 aliphatic carbocycles. The second kappa shape index (κ2) is 10.6. The van der Waals surface area contributed by atoms with Crippen molar-refractivity contribution in [3.63, 3.8) is 0 Å². The van der Waals surface area contributed by atoms with E-state index in [2.05, 4.69) is 0 Å². The monoisotopic (exact) mass is 619 g/mol. The lowest BCUT2D eigenvalue weighted by atomic mass is 9.60. The molecule has 0 N–H and O–H groups in total. The van der Waals surface area contributed by atoms with Crippen molar-refractivity contribution >= 4 is 21.7 Å². The van der Waals surface area contributed by atoms with Crippen LogP contribution in [0.1, 0.15) is 45.5 Å². The topological polar surface area (TPSA) is 90.7 Å². The molecule has 0 saturated heterocycles. The van der Waals surface area contributed by atoms with Gasteiger partial charge < -0.3 is 9.47 Å². The summed E-state index contributed by atoms with van der Waals surface area (Å²) in [5.74, 6) is -0.672. The van der Waals surface area contributed by atoms with Gasteiger partial charge in [0.15, 0.2) is 0 Å². The number of sulfonamides is 1. The Morgan fingerprint density at radius 2 is 1.51 bits per heavy atom. The molecular formula is C36H33N3O5S. The Kier molecular flexibility index (Phi) is 6.81. The van der Waals surface area contributed by atoms with E-state index in [0.717, 1.165) is 27.9 Å². The maximum absolute atomic E-state index is 14.5. The number of aryl methyl sites for hydroxylation is 3. The van der Waals surface area contributed by atoms with Crippen LogP contribution >= 0.6 is 0 Å². The molecular weight excluding hydrogens is 586 g/mol. The Morgan fingerprint density at radius 3 is 2.20 bits per heavy atom. The third-order valence-electron chi connectivity index (χ3n) is 9.13. The van der Waals surface area contributed by atoms with E-state index in [9.17, 15) is 13.2 Å². The summed E-state index contributed by atoms with van der Waals surface area (Å²) in [6.07, 6.45) is -0.911. The summed E-state index contributed by atoms with van der Waals surface area (Å²) >= 11 is 0. The minimum absolute atomic E-state index is 0.138. The molecule has 228 valence electrons. The molecule has 9 heteroatoms. The van der Waals surface area contributed by atoms with Crippen LogP contribution in [-0.4, -0.2) is 37.8 Å². The van der Waals surface area contributed by atoms with E-state index in [0.29, 0.717) is 22.8 Å². The number of hydrogen-bond acceptors (Lipinski definition) is 6. The molecule has 3 heterocycles. The number of benzene rings is 4. The van der Waals surface area contributed by atoms with Crippen molar-refractivity contribution in [2.45, 2.75) is 37.7 Å². The van der Waals surface area contributed by atoms with Crippen molar-refractivity contribution in [2.24, 2.45) is 5.41 Å². The Bertz CT molecular complexity index is 2040. The fraction of sp³-hybridized carbons (Fsp3) is 0.222. The van der Waals surface area contributed by atoms with Gasteiger partial charge >= 0.3 is 5.97 Å². The first-order valence-electron chi connectivity index (χ1n) is 14.8. The molecule has 2 aliphatic rings. The number of carbonyl (C=O) groups excluding carboxylic acids is 1. The van der Waals surface area contributed by atoms with Gasteiger partial charge in [-0.3, -0.25) is 9.10 Å². The van der Waals surface area contributed by atoms with Crippen molar-refractivity contribution in [3.8, 4) is 11.6 Å². The number of hydrogen-bond donors (Lipinski definition) is 0. The number of aromatic nitrogens is 2. The van der Waals surface area contributed by atoms with E-state index in [-0.39, 0.29) is 11.4 Å². The lowest BCUT2D eigenvalue weighted by molar-refractivity contribution is -0.162. The van der Waals surface area contributed by atoms with Gasteiger partial charge in [-0.05, 0) is 67.8 Å². The molecule has 0 radical (unpaired) electrons. The predicted molar refractivity (Wildman–Crippen MR) is 171 cm³/mol. The van der Waals surface area contributed by atoms with Crippen molar-refractivity contribution in [2.75, 3.05) is 18.0 Å². The van der Waals surface area contributed by atoms with Crippen LogP contribution in [-0.2, 0) is 19.6 Å². The fourth-order valence-corrected chi connectivity index (χ4v) is 8.52. The highest BCUT2D eigenvalue weighted by Crippen LogP contribution is 2.63. The Morgan fingerprint density at radius 1 is 0.867 bits per heavy atom. The number of anilines is 1. The van der Waals surface area contributed by atoms with E-state index in [1.165, 1.54) is 11.4 Å². The lowest BCUT2D eigenvalue weighted by Crippen LogP contribution is -2.59. The summed E-state index contributed by atoms with van der Waals surface area (Å²) < 4.78 is 44.8. The predicted octanol–water partition coefficient (Wildman–Crippen LogP) is 6.43. The minimum Gasteiger partial charge on any atom is -0.468 e. The molecule has 2 aliphatic heterocycles. The van der Waals surface area contributed by atoms with Gasteiger partial charge in [-0.2, -0.15) is 5.10 Å². The Hall–Kier alpha value is -4.89. The summed E-state index contributed by atoms with van der Waals surface area (Å²) in [6.45, 7) is 5.57. The number of para-hydroxylation sites is 2. The number of esters is 1. The Balaban J connectivity index is 1.57. The second-order valence-corrected chi connectivity index (χ2v) is 13.6. The highest BCUT2D eigenvalue weighted by Gasteiger charge is 2.65. The molecule has 8 nitrogen and oxygen atoms in total. The number of carbonyl (C=O) groups is 1. The average molecular weight is 620 g/mol. The van der Waals surface area contributed by atoms with E-state index < -0.39 is 33.4 Å². The second-order valence-electron chi connectivity index (χ2n) is 11.8. The number of nitrogens with zero attached hydrogens (tertiary/aromatic N) is 3. The van der Waals surface area contributed by atoms with Crippen LogP contribution in [0.5, 0.6) is 5.88 Å². The number of methoxy groups -OCH3 is 1. The van der Waals surface area contributed by atoms with Crippen molar-refractivity contribution < 1.29 is 22.7 Å².